The van der Waals surface area contributed by atoms with Gasteiger partial charge in [-0.25, -0.2) is 9.97 Å². The Bertz CT molecular complexity index is 706. The van der Waals surface area contributed by atoms with Gasteiger partial charge >= 0.3 is 0 Å². The minimum Gasteiger partial charge on any atom is -0.349 e. The minimum atomic E-state index is -0.0202. The normalized spacial score (nSPS) is 19.6. The summed E-state index contributed by atoms with van der Waals surface area (Å²) in [6.07, 6.45) is 7.20. The van der Waals surface area contributed by atoms with Gasteiger partial charge < -0.3 is 14.0 Å². The van der Waals surface area contributed by atoms with Gasteiger partial charge in [-0.2, -0.15) is 0 Å². The van der Waals surface area contributed by atoms with Crippen LogP contribution >= 0.6 is 0 Å². The Hall–Kier alpha value is -2.15. The van der Waals surface area contributed by atoms with E-state index in [1.54, 1.807) is 17.0 Å². The van der Waals surface area contributed by atoms with E-state index >= 15 is 0 Å². The van der Waals surface area contributed by atoms with E-state index in [9.17, 15) is 4.79 Å². The zero-order valence-electron chi connectivity index (χ0n) is 13.3. The maximum Gasteiger partial charge on any atom is 0.293 e. The summed E-state index contributed by atoms with van der Waals surface area (Å²) in [6, 6.07) is 0.158. The molecule has 1 atom stereocenters. The van der Waals surface area contributed by atoms with Crippen molar-refractivity contribution in [2.45, 2.75) is 19.5 Å². The first-order valence-corrected chi connectivity index (χ1v) is 7.59. The molecule has 0 aliphatic carbocycles. The molecule has 1 unspecified atom stereocenters. The monoisotopic (exact) mass is 302 g/mol. The van der Waals surface area contributed by atoms with Gasteiger partial charge in [-0.1, -0.05) is 0 Å². The van der Waals surface area contributed by atoms with Crippen LogP contribution in [0.5, 0.6) is 0 Å². The van der Waals surface area contributed by atoms with Crippen LogP contribution in [0.25, 0.3) is 0 Å². The van der Waals surface area contributed by atoms with Crippen molar-refractivity contribution in [2.24, 2.45) is 7.05 Å². The molecule has 3 rings (SSSR count). The molecule has 0 saturated carbocycles. The van der Waals surface area contributed by atoms with Crippen LogP contribution in [-0.2, 0) is 13.6 Å². The summed E-state index contributed by atoms with van der Waals surface area (Å²) >= 11 is 0. The van der Waals surface area contributed by atoms with Gasteiger partial charge in [0.1, 0.15) is 5.82 Å². The Labute approximate surface area is 129 Å². The summed E-state index contributed by atoms with van der Waals surface area (Å²) in [4.78, 5) is 25.6. The van der Waals surface area contributed by atoms with Gasteiger partial charge in [0.2, 0.25) is 0 Å². The molecule has 7 nitrogen and oxygen atoms in total. The largest absolute Gasteiger partial charge is 0.349 e. The lowest BCUT2D eigenvalue weighted by Gasteiger charge is -2.39. The third-order valence-electron chi connectivity index (χ3n) is 4.34. The first-order valence-electron chi connectivity index (χ1n) is 7.59. The molecule has 0 aromatic carbocycles. The molecule has 0 spiro atoms. The second kappa shape index (κ2) is 5.92. The van der Waals surface area contributed by atoms with Crippen molar-refractivity contribution >= 4 is 5.82 Å². The predicted molar refractivity (Wildman–Crippen MR) is 85.0 cm³/mol. The number of rotatable bonds is 3. The number of hydrogen-bond acceptors (Lipinski definition) is 5. The highest BCUT2D eigenvalue weighted by Crippen LogP contribution is 2.23. The average Bonchev–Trinajstić information content (AvgIpc) is 2.94. The third kappa shape index (κ3) is 2.52. The zero-order valence-corrected chi connectivity index (χ0v) is 13.3. The molecular weight excluding hydrogens is 280 g/mol. The summed E-state index contributed by atoms with van der Waals surface area (Å²) in [7, 11) is 4.10. The molecule has 2 aromatic heterocycles. The molecule has 3 heterocycles. The predicted octanol–water partition coefficient (Wildman–Crippen LogP) is 0.490. The van der Waals surface area contributed by atoms with Crippen molar-refractivity contribution in [3.05, 3.63) is 41.0 Å². The second-order valence-corrected chi connectivity index (χ2v) is 5.68. The van der Waals surface area contributed by atoms with Crippen LogP contribution in [0, 0.1) is 0 Å². The van der Waals surface area contributed by atoms with Gasteiger partial charge in [-0.05, 0) is 14.0 Å². The molecule has 0 bridgehead atoms. The molecule has 0 amide bonds. The van der Waals surface area contributed by atoms with E-state index in [0.29, 0.717) is 12.4 Å². The molecule has 22 heavy (non-hydrogen) atoms. The molecule has 118 valence electrons. The average molecular weight is 302 g/mol. The summed E-state index contributed by atoms with van der Waals surface area (Å²) in [5, 5.41) is 0. The summed E-state index contributed by atoms with van der Waals surface area (Å²) in [5.74, 6) is 1.55. The first-order chi connectivity index (χ1) is 10.6. The van der Waals surface area contributed by atoms with Crippen LogP contribution in [0.4, 0.5) is 5.82 Å². The Balaban J connectivity index is 1.91. The number of nitrogens with zero attached hydrogens (tertiary/aromatic N) is 6. The van der Waals surface area contributed by atoms with Crippen molar-refractivity contribution in [3.8, 4) is 0 Å². The van der Waals surface area contributed by atoms with E-state index < -0.39 is 0 Å². The van der Waals surface area contributed by atoms with Crippen LogP contribution in [-0.4, -0.2) is 50.7 Å². The molecule has 0 radical (unpaired) electrons. The maximum absolute atomic E-state index is 12.5. The number of imidazole rings is 1. The third-order valence-corrected chi connectivity index (χ3v) is 4.34. The first kappa shape index (κ1) is 14.8. The van der Waals surface area contributed by atoms with Crippen LogP contribution in [0.15, 0.2) is 29.6 Å². The van der Waals surface area contributed by atoms with Crippen molar-refractivity contribution in [2.75, 3.05) is 31.6 Å². The number of aromatic nitrogens is 4. The zero-order chi connectivity index (χ0) is 15.7. The molecule has 1 fully saturated rings. The molecular formula is C15H22N6O. The van der Waals surface area contributed by atoms with Gasteiger partial charge in [0.05, 0.1) is 6.04 Å². The minimum absolute atomic E-state index is 0.0202. The molecule has 2 aromatic rings. The van der Waals surface area contributed by atoms with E-state index in [0.717, 1.165) is 25.5 Å². The fourth-order valence-electron chi connectivity index (χ4n) is 2.94. The van der Waals surface area contributed by atoms with Gasteiger partial charge in [-0.3, -0.25) is 9.69 Å². The maximum atomic E-state index is 12.5. The lowest BCUT2D eigenvalue weighted by Crippen LogP contribution is -2.49. The number of aryl methyl sites for hydroxylation is 2. The van der Waals surface area contributed by atoms with Crippen LogP contribution in [0.2, 0.25) is 0 Å². The second-order valence-electron chi connectivity index (χ2n) is 5.68. The summed E-state index contributed by atoms with van der Waals surface area (Å²) < 4.78 is 3.73. The van der Waals surface area contributed by atoms with E-state index in [-0.39, 0.29) is 11.6 Å². The Morgan fingerprint density at radius 2 is 1.95 bits per heavy atom. The fourth-order valence-corrected chi connectivity index (χ4v) is 2.94. The Morgan fingerprint density at radius 3 is 2.64 bits per heavy atom. The van der Waals surface area contributed by atoms with Crippen molar-refractivity contribution < 1.29 is 0 Å². The Kier molecular flexibility index (Phi) is 3.98. The number of anilines is 1. The van der Waals surface area contributed by atoms with Gasteiger partial charge in [0.25, 0.3) is 5.56 Å². The molecule has 1 aliphatic rings. The highest BCUT2D eigenvalue weighted by molar-refractivity contribution is 5.37. The SMILES string of the molecule is CCn1ccnc(N2CCN(C)C(c3nccn3C)C2)c1=O. The number of piperazine rings is 1. The lowest BCUT2D eigenvalue weighted by molar-refractivity contribution is 0.208. The van der Waals surface area contributed by atoms with Crippen LogP contribution < -0.4 is 10.5 Å². The molecule has 0 N–H and O–H groups in total. The van der Waals surface area contributed by atoms with Crippen LogP contribution in [0.3, 0.4) is 0 Å². The molecule has 1 aliphatic heterocycles. The Morgan fingerprint density at radius 1 is 1.18 bits per heavy atom. The molecule has 1 saturated heterocycles. The number of hydrogen-bond donors (Lipinski definition) is 0. The van der Waals surface area contributed by atoms with Gasteiger partial charge in [0.15, 0.2) is 5.82 Å². The van der Waals surface area contributed by atoms with Crippen molar-refractivity contribution in [1.82, 2.24) is 24.0 Å². The topological polar surface area (TPSA) is 59.2 Å². The van der Waals surface area contributed by atoms with E-state index in [1.807, 2.05) is 30.9 Å². The number of likely N-dealkylation sites (N-methyl/N-ethyl adjacent to an activating group) is 1. The highest BCUT2D eigenvalue weighted by Gasteiger charge is 2.30. The fraction of sp³-hybridized carbons (Fsp3) is 0.533. The van der Waals surface area contributed by atoms with E-state index in [1.165, 1.54) is 0 Å². The summed E-state index contributed by atoms with van der Waals surface area (Å²) in [5.41, 5.74) is -0.0202. The van der Waals surface area contributed by atoms with Crippen LogP contribution in [0.1, 0.15) is 18.8 Å². The lowest BCUT2D eigenvalue weighted by atomic mass is 10.1. The van der Waals surface area contributed by atoms with Crippen molar-refractivity contribution in [3.63, 3.8) is 0 Å². The van der Waals surface area contributed by atoms with Gasteiger partial charge in [0, 0.05) is 58.0 Å². The smallest absolute Gasteiger partial charge is 0.293 e. The van der Waals surface area contributed by atoms with E-state index in [2.05, 4.69) is 26.8 Å². The van der Waals surface area contributed by atoms with Crippen molar-refractivity contribution in [1.29, 1.82) is 0 Å². The quantitative estimate of drug-likeness (QED) is 0.826. The van der Waals surface area contributed by atoms with E-state index in [4.69, 9.17) is 0 Å². The summed E-state index contributed by atoms with van der Waals surface area (Å²) in [6.45, 7) is 5.02. The highest BCUT2D eigenvalue weighted by atomic mass is 16.1. The molecule has 7 heteroatoms. The standard InChI is InChI=1S/C15H22N6O/c1-4-20-8-6-17-14(15(20)22)21-10-9-18(2)12(11-21)13-16-5-7-19(13)3/h5-8,12H,4,9-11H2,1-3H3. The van der Waals surface area contributed by atoms with Gasteiger partial charge in [-0.15, -0.1) is 0 Å².